The summed E-state index contributed by atoms with van der Waals surface area (Å²) >= 11 is 6.06. The number of carbonyl (C=O) groups excluding carboxylic acids is 1. The molecular weight excluding hydrogens is 228 g/mol. The van der Waals surface area contributed by atoms with Crippen molar-refractivity contribution in [3.8, 4) is 0 Å². The third-order valence-electron chi connectivity index (χ3n) is 2.27. The fraction of sp³-hybridized carbons (Fsp3) is 0.300. The van der Waals surface area contributed by atoms with Gasteiger partial charge in [0.1, 0.15) is 5.69 Å². The summed E-state index contributed by atoms with van der Waals surface area (Å²) in [5, 5.41) is 8.46. The Balaban J connectivity index is 2.51. The van der Waals surface area contributed by atoms with E-state index in [2.05, 4.69) is 10.2 Å². The number of carbonyl (C=O) groups is 1. The van der Waals surface area contributed by atoms with Gasteiger partial charge in [-0.05, 0) is 19.9 Å². The van der Waals surface area contributed by atoms with Gasteiger partial charge in [0.2, 0.25) is 0 Å². The quantitative estimate of drug-likeness (QED) is 0.801. The Kier molecular flexibility index (Phi) is 2.78. The first-order valence-corrected chi connectivity index (χ1v) is 5.30. The lowest BCUT2D eigenvalue weighted by Crippen LogP contribution is -2.18. The largest absolute Gasteiger partial charge is 0.297 e. The van der Waals surface area contributed by atoms with Gasteiger partial charge < -0.3 is 0 Å². The number of aryl methyl sites for hydroxylation is 2. The second kappa shape index (κ2) is 4.09. The summed E-state index contributed by atoms with van der Waals surface area (Å²) in [6.07, 6.45) is 3.13. The van der Waals surface area contributed by atoms with Crippen molar-refractivity contribution in [1.29, 1.82) is 0 Å². The van der Waals surface area contributed by atoms with Crippen LogP contribution in [0.5, 0.6) is 0 Å². The lowest BCUT2D eigenvalue weighted by atomic mass is 10.3. The van der Waals surface area contributed by atoms with Crippen molar-refractivity contribution in [3.63, 3.8) is 0 Å². The van der Waals surface area contributed by atoms with Gasteiger partial charge >= 0.3 is 0 Å². The highest BCUT2D eigenvalue weighted by atomic mass is 35.5. The van der Waals surface area contributed by atoms with Gasteiger partial charge in [0.25, 0.3) is 5.91 Å². The molecule has 0 unspecified atom stereocenters. The maximum Gasteiger partial charge on any atom is 0.297 e. The molecule has 0 amide bonds. The van der Waals surface area contributed by atoms with E-state index in [-0.39, 0.29) is 5.91 Å². The van der Waals surface area contributed by atoms with Crippen LogP contribution < -0.4 is 0 Å². The Labute approximate surface area is 97.6 Å². The van der Waals surface area contributed by atoms with Crippen molar-refractivity contribution >= 4 is 17.5 Å². The van der Waals surface area contributed by atoms with E-state index in [4.69, 9.17) is 11.6 Å². The van der Waals surface area contributed by atoms with E-state index in [9.17, 15) is 4.79 Å². The number of hydrogen-bond acceptors (Lipinski definition) is 3. The van der Waals surface area contributed by atoms with E-state index in [0.29, 0.717) is 23.0 Å². The first-order chi connectivity index (χ1) is 7.65. The van der Waals surface area contributed by atoms with E-state index in [1.54, 1.807) is 30.1 Å². The summed E-state index contributed by atoms with van der Waals surface area (Å²) in [5.41, 5.74) is 1.03. The van der Waals surface area contributed by atoms with Gasteiger partial charge in [-0.3, -0.25) is 9.48 Å². The van der Waals surface area contributed by atoms with Crippen molar-refractivity contribution in [2.24, 2.45) is 0 Å². The van der Waals surface area contributed by atoms with Gasteiger partial charge in [-0.2, -0.15) is 10.2 Å². The van der Waals surface area contributed by atoms with E-state index < -0.39 is 0 Å². The SMILES string of the molecule is CCn1nc(C)c(Cl)c1C(=O)n1cccn1. The number of aromatic nitrogens is 4. The van der Waals surface area contributed by atoms with Crippen molar-refractivity contribution in [3.05, 3.63) is 34.9 Å². The minimum Gasteiger partial charge on any atom is -0.265 e. The first-order valence-electron chi connectivity index (χ1n) is 4.92. The summed E-state index contributed by atoms with van der Waals surface area (Å²) in [6, 6.07) is 1.69. The lowest BCUT2D eigenvalue weighted by molar-refractivity contribution is 0.0934. The molecule has 0 aromatic carbocycles. The fourth-order valence-electron chi connectivity index (χ4n) is 1.49. The average molecular weight is 239 g/mol. The summed E-state index contributed by atoms with van der Waals surface area (Å²) in [4.78, 5) is 12.1. The van der Waals surface area contributed by atoms with Crippen LogP contribution in [-0.2, 0) is 6.54 Å². The zero-order valence-electron chi connectivity index (χ0n) is 9.01. The molecule has 6 heteroatoms. The van der Waals surface area contributed by atoms with E-state index in [1.165, 1.54) is 4.68 Å². The molecule has 0 bridgehead atoms. The Hall–Kier alpha value is -1.62. The molecule has 2 aromatic rings. The molecule has 0 N–H and O–H groups in total. The number of hydrogen-bond donors (Lipinski definition) is 0. The van der Waals surface area contributed by atoms with Crippen LogP contribution in [0.1, 0.15) is 23.1 Å². The van der Waals surface area contributed by atoms with Gasteiger partial charge in [0.05, 0.1) is 10.7 Å². The van der Waals surface area contributed by atoms with Gasteiger partial charge in [-0.25, -0.2) is 4.68 Å². The molecule has 2 aromatic heterocycles. The van der Waals surface area contributed by atoms with Gasteiger partial charge in [0.15, 0.2) is 0 Å². The van der Waals surface area contributed by atoms with Crippen LogP contribution in [0.15, 0.2) is 18.5 Å². The monoisotopic (exact) mass is 238 g/mol. The van der Waals surface area contributed by atoms with Crippen LogP contribution in [0.3, 0.4) is 0 Å². The predicted octanol–water partition coefficient (Wildman–Crippen LogP) is 1.75. The highest BCUT2D eigenvalue weighted by molar-refractivity contribution is 6.34. The van der Waals surface area contributed by atoms with E-state index in [0.717, 1.165) is 0 Å². The van der Waals surface area contributed by atoms with Crippen LogP contribution in [0, 0.1) is 6.92 Å². The molecule has 0 spiro atoms. The predicted molar refractivity (Wildman–Crippen MR) is 59.6 cm³/mol. The highest BCUT2D eigenvalue weighted by Crippen LogP contribution is 2.20. The molecular formula is C10H11ClN4O. The van der Waals surface area contributed by atoms with E-state index >= 15 is 0 Å². The molecule has 16 heavy (non-hydrogen) atoms. The first kappa shape index (κ1) is 10.9. The summed E-state index contributed by atoms with van der Waals surface area (Å²) in [7, 11) is 0. The minimum atomic E-state index is -0.266. The Bertz CT molecular complexity index is 515. The lowest BCUT2D eigenvalue weighted by Gasteiger charge is -2.03. The number of nitrogens with zero attached hydrogens (tertiary/aromatic N) is 4. The smallest absolute Gasteiger partial charge is 0.265 e. The van der Waals surface area contributed by atoms with Crippen molar-refractivity contribution in [1.82, 2.24) is 19.6 Å². The Morgan fingerprint density at radius 1 is 1.56 bits per heavy atom. The van der Waals surface area contributed by atoms with Gasteiger partial charge in [-0.15, -0.1) is 0 Å². The van der Waals surface area contributed by atoms with Gasteiger partial charge in [-0.1, -0.05) is 11.6 Å². The van der Waals surface area contributed by atoms with Crippen LogP contribution >= 0.6 is 11.6 Å². The molecule has 0 atom stereocenters. The second-order valence-corrected chi connectivity index (χ2v) is 3.70. The fourth-order valence-corrected chi connectivity index (χ4v) is 1.71. The van der Waals surface area contributed by atoms with Gasteiger partial charge in [0, 0.05) is 18.9 Å². The maximum absolute atomic E-state index is 12.1. The molecule has 5 nitrogen and oxygen atoms in total. The highest BCUT2D eigenvalue weighted by Gasteiger charge is 2.21. The van der Waals surface area contributed by atoms with Crippen LogP contribution in [-0.4, -0.2) is 25.5 Å². The van der Waals surface area contributed by atoms with E-state index in [1.807, 2.05) is 6.92 Å². The zero-order chi connectivity index (χ0) is 11.7. The summed E-state index contributed by atoms with van der Waals surface area (Å²) < 4.78 is 2.83. The third-order valence-corrected chi connectivity index (χ3v) is 2.72. The number of halogens is 1. The molecule has 0 saturated carbocycles. The molecule has 0 radical (unpaired) electrons. The molecule has 0 saturated heterocycles. The van der Waals surface area contributed by atoms with Crippen LogP contribution in [0.25, 0.3) is 0 Å². The van der Waals surface area contributed by atoms with Crippen LogP contribution in [0.2, 0.25) is 5.02 Å². The summed E-state index contributed by atoms with van der Waals surface area (Å²) in [6.45, 7) is 4.27. The second-order valence-electron chi connectivity index (χ2n) is 3.32. The topological polar surface area (TPSA) is 52.7 Å². The van der Waals surface area contributed by atoms with Crippen molar-refractivity contribution < 1.29 is 4.79 Å². The molecule has 0 aliphatic rings. The minimum absolute atomic E-state index is 0.266. The normalized spacial score (nSPS) is 10.7. The molecule has 84 valence electrons. The average Bonchev–Trinajstić information content (AvgIpc) is 2.88. The van der Waals surface area contributed by atoms with Crippen molar-refractivity contribution in [2.45, 2.75) is 20.4 Å². The Morgan fingerprint density at radius 3 is 2.88 bits per heavy atom. The molecule has 2 heterocycles. The zero-order valence-corrected chi connectivity index (χ0v) is 9.77. The third kappa shape index (κ3) is 1.63. The molecule has 0 aliphatic heterocycles. The standard InChI is InChI=1S/C10H11ClN4O/c1-3-14-9(8(11)7(2)13-14)10(16)15-6-4-5-12-15/h4-6H,3H2,1-2H3. The number of rotatable bonds is 2. The van der Waals surface area contributed by atoms with Crippen molar-refractivity contribution in [2.75, 3.05) is 0 Å². The molecule has 0 aliphatic carbocycles. The Morgan fingerprint density at radius 2 is 2.31 bits per heavy atom. The summed E-state index contributed by atoms with van der Waals surface area (Å²) in [5.74, 6) is -0.266. The van der Waals surface area contributed by atoms with Crippen LogP contribution in [0.4, 0.5) is 0 Å². The molecule has 2 rings (SSSR count). The molecule has 0 fully saturated rings. The maximum atomic E-state index is 12.1.